The first-order valence-corrected chi connectivity index (χ1v) is 5.43. The molecule has 0 atom stereocenters. The molecule has 0 aliphatic carbocycles. The minimum Gasteiger partial charge on any atom is -0.455 e. The molecule has 0 saturated heterocycles. The van der Waals surface area contributed by atoms with E-state index < -0.39 is 5.82 Å². The zero-order chi connectivity index (χ0) is 11.5. The van der Waals surface area contributed by atoms with Gasteiger partial charge in [0.2, 0.25) is 0 Å². The fourth-order valence-corrected chi connectivity index (χ4v) is 1.64. The second-order valence-electron chi connectivity index (χ2n) is 3.21. The number of hydrogen-bond donors (Lipinski definition) is 1. The number of nitrogen functional groups attached to an aromatic ring is 1. The normalized spacial score (nSPS) is 10.1. The number of nitrogens with two attached hydrogens (primary N) is 1. The molecule has 4 heteroatoms. The lowest BCUT2D eigenvalue weighted by molar-refractivity contribution is 0.480. The average molecular weight is 282 g/mol. The molecule has 2 N–H and O–H groups in total. The van der Waals surface area contributed by atoms with Crippen LogP contribution in [0, 0.1) is 5.82 Å². The maximum atomic E-state index is 13.1. The Kier molecular flexibility index (Phi) is 3.10. The van der Waals surface area contributed by atoms with Gasteiger partial charge < -0.3 is 10.5 Å². The SMILES string of the molecule is Nc1c(F)cccc1Oc1cccc(Br)c1. The first kappa shape index (κ1) is 11.0. The Morgan fingerprint density at radius 1 is 1.12 bits per heavy atom. The molecule has 16 heavy (non-hydrogen) atoms. The van der Waals surface area contributed by atoms with Gasteiger partial charge in [0.15, 0.2) is 5.75 Å². The Morgan fingerprint density at radius 2 is 1.88 bits per heavy atom. The molecule has 0 spiro atoms. The maximum Gasteiger partial charge on any atom is 0.153 e. The van der Waals surface area contributed by atoms with E-state index in [0.717, 1.165) is 4.47 Å². The van der Waals surface area contributed by atoms with Crippen molar-refractivity contribution in [3.63, 3.8) is 0 Å². The summed E-state index contributed by atoms with van der Waals surface area (Å²) in [5.74, 6) is 0.442. The number of rotatable bonds is 2. The quantitative estimate of drug-likeness (QED) is 0.846. The number of ether oxygens (including phenoxy) is 1. The van der Waals surface area contributed by atoms with Crippen molar-refractivity contribution in [2.75, 3.05) is 5.73 Å². The summed E-state index contributed by atoms with van der Waals surface area (Å²) >= 11 is 3.32. The molecule has 0 amide bonds. The van der Waals surface area contributed by atoms with Crippen LogP contribution in [0.25, 0.3) is 0 Å². The van der Waals surface area contributed by atoms with Crippen LogP contribution in [0.15, 0.2) is 46.9 Å². The fraction of sp³-hybridized carbons (Fsp3) is 0. The average Bonchev–Trinajstić information content (AvgIpc) is 2.25. The Morgan fingerprint density at radius 3 is 2.62 bits per heavy atom. The third kappa shape index (κ3) is 2.33. The monoisotopic (exact) mass is 281 g/mol. The van der Waals surface area contributed by atoms with Crippen LogP contribution in [-0.4, -0.2) is 0 Å². The van der Waals surface area contributed by atoms with Crippen molar-refractivity contribution in [2.45, 2.75) is 0 Å². The van der Waals surface area contributed by atoms with Crippen LogP contribution in [0.5, 0.6) is 11.5 Å². The van der Waals surface area contributed by atoms with Crippen LogP contribution in [0.4, 0.5) is 10.1 Å². The molecular formula is C12H9BrFNO. The highest BCUT2D eigenvalue weighted by Crippen LogP contribution is 2.30. The summed E-state index contributed by atoms with van der Waals surface area (Å²) in [6.45, 7) is 0. The van der Waals surface area contributed by atoms with E-state index in [0.29, 0.717) is 11.5 Å². The Hall–Kier alpha value is -1.55. The van der Waals surface area contributed by atoms with Crippen LogP contribution in [0.1, 0.15) is 0 Å². The molecule has 2 aromatic rings. The molecule has 0 aliphatic heterocycles. The zero-order valence-electron chi connectivity index (χ0n) is 8.28. The van der Waals surface area contributed by atoms with Crippen LogP contribution in [-0.2, 0) is 0 Å². The van der Waals surface area contributed by atoms with Gasteiger partial charge in [-0.15, -0.1) is 0 Å². The Bertz CT molecular complexity index is 516. The van der Waals surface area contributed by atoms with Crippen LogP contribution in [0.2, 0.25) is 0 Å². The molecule has 0 aromatic heterocycles. The number of anilines is 1. The van der Waals surface area contributed by atoms with E-state index >= 15 is 0 Å². The van der Waals surface area contributed by atoms with Gasteiger partial charge in [0.05, 0.1) is 0 Å². The predicted molar refractivity (Wildman–Crippen MR) is 65.0 cm³/mol. The van der Waals surface area contributed by atoms with Crippen LogP contribution in [0.3, 0.4) is 0 Å². The summed E-state index contributed by atoms with van der Waals surface area (Å²) in [5.41, 5.74) is 5.57. The van der Waals surface area contributed by atoms with Crippen molar-refractivity contribution in [3.05, 3.63) is 52.8 Å². The van der Waals surface area contributed by atoms with Gasteiger partial charge in [-0.1, -0.05) is 28.1 Å². The van der Waals surface area contributed by atoms with Crippen molar-refractivity contribution in [2.24, 2.45) is 0 Å². The summed E-state index contributed by atoms with van der Waals surface area (Å²) in [6, 6.07) is 11.7. The minimum absolute atomic E-state index is 0.0162. The molecule has 0 unspecified atom stereocenters. The molecule has 82 valence electrons. The van der Waals surface area contributed by atoms with E-state index in [1.54, 1.807) is 24.3 Å². The van der Waals surface area contributed by atoms with Crippen molar-refractivity contribution < 1.29 is 9.13 Å². The number of halogens is 2. The van der Waals surface area contributed by atoms with E-state index in [1.807, 2.05) is 12.1 Å². The highest BCUT2D eigenvalue weighted by molar-refractivity contribution is 9.10. The molecule has 0 saturated carbocycles. The lowest BCUT2D eigenvalue weighted by Crippen LogP contribution is -1.95. The van der Waals surface area contributed by atoms with Crippen molar-refractivity contribution in [1.29, 1.82) is 0 Å². The van der Waals surface area contributed by atoms with E-state index in [4.69, 9.17) is 10.5 Å². The van der Waals surface area contributed by atoms with Gasteiger partial charge in [0.1, 0.15) is 17.3 Å². The summed E-state index contributed by atoms with van der Waals surface area (Å²) in [7, 11) is 0. The lowest BCUT2D eigenvalue weighted by Gasteiger charge is -2.08. The molecule has 2 rings (SSSR count). The van der Waals surface area contributed by atoms with E-state index in [9.17, 15) is 4.39 Å². The molecule has 0 fully saturated rings. The second-order valence-corrected chi connectivity index (χ2v) is 4.13. The lowest BCUT2D eigenvalue weighted by atomic mass is 10.3. The summed E-state index contributed by atoms with van der Waals surface area (Å²) in [4.78, 5) is 0. The van der Waals surface area contributed by atoms with Crippen LogP contribution < -0.4 is 10.5 Å². The molecule has 2 nitrogen and oxygen atoms in total. The number of para-hydroxylation sites is 1. The molecule has 0 heterocycles. The number of benzene rings is 2. The smallest absolute Gasteiger partial charge is 0.153 e. The third-order valence-electron chi connectivity index (χ3n) is 2.04. The van der Waals surface area contributed by atoms with Gasteiger partial charge in [0, 0.05) is 4.47 Å². The van der Waals surface area contributed by atoms with Gasteiger partial charge >= 0.3 is 0 Å². The Labute approximate surface area is 101 Å². The molecule has 0 bridgehead atoms. The topological polar surface area (TPSA) is 35.2 Å². The van der Waals surface area contributed by atoms with E-state index in [1.165, 1.54) is 6.07 Å². The summed E-state index contributed by atoms with van der Waals surface area (Å²) < 4.78 is 19.5. The maximum absolute atomic E-state index is 13.1. The second kappa shape index (κ2) is 4.53. The van der Waals surface area contributed by atoms with Gasteiger partial charge in [-0.05, 0) is 30.3 Å². The zero-order valence-corrected chi connectivity index (χ0v) is 9.87. The molecule has 0 aliphatic rings. The molecule has 2 aromatic carbocycles. The standard InChI is InChI=1S/C12H9BrFNO/c13-8-3-1-4-9(7-8)16-11-6-2-5-10(14)12(11)15/h1-7H,15H2. The molecule has 0 radical (unpaired) electrons. The fourth-order valence-electron chi connectivity index (χ4n) is 1.26. The summed E-state index contributed by atoms with van der Waals surface area (Å²) in [5, 5.41) is 0. The van der Waals surface area contributed by atoms with Crippen molar-refractivity contribution in [1.82, 2.24) is 0 Å². The van der Waals surface area contributed by atoms with Gasteiger partial charge in [-0.25, -0.2) is 4.39 Å². The predicted octanol–water partition coefficient (Wildman–Crippen LogP) is 3.96. The minimum atomic E-state index is -0.479. The van der Waals surface area contributed by atoms with Crippen molar-refractivity contribution >= 4 is 21.6 Å². The van der Waals surface area contributed by atoms with Crippen LogP contribution >= 0.6 is 15.9 Å². The summed E-state index contributed by atoms with van der Waals surface area (Å²) in [6.07, 6.45) is 0. The molecular weight excluding hydrogens is 273 g/mol. The van der Waals surface area contributed by atoms with E-state index in [2.05, 4.69) is 15.9 Å². The van der Waals surface area contributed by atoms with Crippen molar-refractivity contribution in [3.8, 4) is 11.5 Å². The largest absolute Gasteiger partial charge is 0.455 e. The highest BCUT2D eigenvalue weighted by atomic mass is 79.9. The van der Waals surface area contributed by atoms with Gasteiger partial charge in [0.25, 0.3) is 0 Å². The third-order valence-corrected chi connectivity index (χ3v) is 2.53. The number of hydrogen-bond acceptors (Lipinski definition) is 2. The van der Waals surface area contributed by atoms with E-state index in [-0.39, 0.29) is 5.69 Å². The Balaban J connectivity index is 2.31. The van der Waals surface area contributed by atoms with Gasteiger partial charge in [-0.2, -0.15) is 0 Å². The van der Waals surface area contributed by atoms with Gasteiger partial charge in [-0.3, -0.25) is 0 Å². The first-order valence-electron chi connectivity index (χ1n) is 4.64. The first-order chi connectivity index (χ1) is 7.66. The highest BCUT2D eigenvalue weighted by Gasteiger charge is 2.06.